The molecule has 0 saturated heterocycles. The summed E-state index contributed by atoms with van der Waals surface area (Å²) in [7, 11) is 0. The van der Waals surface area contributed by atoms with Gasteiger partial charge in [0.1, 0.15) is 13.2 Å². The van der Waals surface area contributed by atoms with Crippen molar-refractivity contribution in [3.63, 3.8) is 0 Å². The second-order valence-electron chi connectivity index (χ2n) is 20.9. The van der Waals surface area contributed by atoms with Crippen LogP contribution in [0.15, 0.2) is 170 Å². The average molecular weight is 1120 g/mol. The lowest BCUT2D eigenvalue weighted by Gasteiger charge is -2.18. The van der Waals surface area contributed by atoms with Crippen LogP contribution in [-0.2, 0) is 28.6 Å². The Labute approximate surface area is 498 Å². The Morgan fingerprint density at radius 1 is 0.259 bits per heavy atom. The summed E-state index contributed by atoms with van der Waals surface area (Å²) in [6.07, 6.45) is 99.4. The molecule has 0 amide bonds. The smallest absolute Gasteiger partial charge is 0.306 e. The summed E-state index contributed by atoms with van der Waals surface area (Å²) < 4.78 is 16.8. The molecule has 0 aromatic rings. The highest BCUT2D eigenvalue weighted by Crippen LogP contribution is 2.15. The molecule has 1 atom stereocenters. The number of ether oxygens (including phenoxy) is 3. The van der Waals surface area contributed by atoms with Gasteiger partial charge in [0, 0.05) is 19.3 Å². The first kappa shape index (κ1) is 75.8. The van der Waals surface area contributed by atoms with Crippen molar-refractivity contribution < 1.29 is 28.6 Å². The van der Waals surface area contributed by atoms with Gasteiger partial charge < -0.3 is 14.2 Å². The largest absolute Gasteiger partial charge is 0.462 e. The normalized spacial score (nSPS) is 13.3. The highest BCUT2D eigenvalue weighted by molar-refractivity contribution is 5.71. The van der Waals surface area contributed by atoms with E-state index in [1.165, 1.54) is 77.0 Å². The lowest BCUT2D eigenvalue weighted by Crippen LogP contribution is -2.30. The van der Waals surface area contributed by atoms with Crippen molar-refractivity contribution in [2.45, 2.75) is 271 Å². The van der Waals surface area contributed by atoms with Gasteiger partial charge in [-0.1, -0.05) is 294 Å². The van der Waals surface area contributed by atoms with Gasteiger partial charge in [0.25, 0.3) is 0 Å². The van der Waals surface area contributed by atoms with Gasteiger partial charge in [-0.15, -0.1) is 0 Å². The molecule has 0 rings (SSSR count). The van der Waals surface area contributed by atoms with E-state index in [4.69, 9.17) is 14.2 Å². The van der Waals surface area contributed by atoms with E-state index in [2.05, 4.69) is 179 Å². The second kappa shape index (κ2) is 67.3. The van der Waals surface area contributed by atoms with Crippen LogP contribution in [0.25, 0.3) is 0 Å². The zero-order chi connectivity index (χ0) is 58.5. The van der Waals surface area contributed by atoms with Gasteiger partial charge in [0.2, 0.25) is 0 Å². The number of hydrogen-bond donors (Lipinski definition) is 0. The minimum Gasteiger partial charge on any atom is -0.462 e. The molecule has 0 aliphatic rings. The van der Waals surface area contributed by atoms with Crippen molar-refractivity contribution >= 4 is 17.9 Å². The van der Waals surface area contributed by atoms with Gasteiger partial charge >= 0.3 is 17.9 Å². The fourth-order valence-corrected chi connectivity index (χ4v) is 8.43. The molecule has 0 aromatic carbocycles. The van der Waals surface area contributed by atoms with Crippen LogP contribution in [0.2, 0.25) is 0 Å². The highest BCUT2D eigenvalue weighted by atomic mass is 16.6. The first-order valence-electron chi connectivity index (χ1n) is 32.6. The molecular weight excluding hydrogens is 997 g/mol. The van der Waals surface area contributed by atoms with Crippen LogP contribution < -0.4 is 0 Å². The molecule has 0 bridgehead atoms. The fourth-order valence-electron chi connectivity index (χ4n) is 8.43. The Hall–Kier alpha value is -5.23. The van der Waals surface area contributed by atoms with Crippen LogP contribution >= 0.6 is 0 Å². The van der Waals surface area contributed by atoms with E-state index in [0.29, 0.717) is 19.3 Å². The van der Waals surface area contributed by atoms with Crippen LogP contribution in [0.4, 0.5) is 0 Å². The molecule has 0 heterocycles. The van der Waals surface area contributed by atoms with Gasteiger partial charge in [0.15, 0.2) is 6.10 Å². The topological polar surface area (TPSA) is 78.9 Å². The molecule has 81 heavy (non-hydrogen) atoms. The van der Waals surface area contributed by atoms with Crippen LogP contribution in [0.1, 0.15) is 265 Å². The van der Waals surface area contributed by atoms with Gasteiger partial charge in [-0.25, -0.2) is 0 Å². The minimum absolute atomic E-state index is 0.122. The number of carbonyl (C=O) groups excluding carboxylic acids is 3. The Bertz CT molecular complexity index is 1860. The summed E-state index contributed by atoms with van der Waals surface area (Å²) in [5, 5.41) is 0. The second-order valence-corrected chi connectivity index (χ2v) is 20.9. The average Bonchev–Trinajstić information content (AvgIpc) is 3.47. The molecule has 0 N–H and O–H groups in total. The first-order valence-corrected chi connectivity index (χ1v) is 32.6. The van der Waals surface area contributed by atoms with E-state index < -0.39 is 12.1 Å². The molecule has 1 unspecified atom stereocenters. The van der Waals surface area contributed by atoms with Crippen molar-refractivity contribution in [1.82, 2.24) is 0 Å². The number of unbranched alkanes of at least 4 members (excludes halogenated alkanes) is 18. The number of hydrogen-bond acceptors (Lipinski definition) is 6. The van der Waals surface area contributed by atoms with E-state index in [-0.39, 0.29) is 31.6 Å². The first-order chi connectivity index (χ1) is 40.0. The molecule has 0 spiro atoms. The van der Waals surface area contributed by atoms with Crippen molar-refractivity contribution in [2.24, 2.45) is 0 Å². The Morgan fingerprint density at radius 3 is 0.802 bits per heavy atom. The van der Waals surface area contributed by atoms with Crippen molar-refractivity contribution in [3.05, 3.63) is 170 Å². The zero-order valence-corrected chi connectivity index (χ0v) is 52.0. The summed E-state index contributed by atoms with van der Waals surface area (Å²) in [5.74, 6) is -1.04. The lowest BCUT2D eigenvalue weighted by atomic mass is 10.0. The summed E-state index contributed by atoms with van der Waals surface area (Å²) >= 11 is 0. The van der Waals surface area contributed by atoms with Crippen LogP contribution in [0, 0.1) is 0 Å². The predicted molar refractivity (Wildman–Crippen MR) is 352 cm³/mol. The molecule has 0 aliphatic heterocycles. The third-order valence-electron chi connectivity index (χ3n) is 13.2. The summed E-state index contributed by atoms with van der Waals surface area (Å²) in [5.41, 5.74) is 0. The quantitative estimate of drug-likeness (QED) is 0.0261. The minimum atomic E-state index is -0.838. The Morgan fingerprint density at radius 2 is 0.506 bits per heavy atom. The third-order valence-corrected chi connectivity index (χ3v) is 13.2. The van der Waals surface area contributed by atoms with Crippen molar-refractivity contribution in [1.29, 1.82) is 0 Å². The lowest BCUT2D eigenvalue weighted by molar-refractivity contribution is -0.166. The Kier molecular flexibility index (Phi) is 62.9. The van der Waals surface area contributed by atoms with E-state index in [9.17, 15) is 14.4 Å². The maximum atomic E-state index is 12.9. The van der Waals surface area contributed by atoms with Crippen molar-refractivity contribution in [3.8, 4) is 0 Å². The molecule has 6 heteroatoms. The molecule has 6 nitrogen and oxygen atoms in total. The maximum Gasteiger partial charge on any atom is 0.306 e. The van der Waals surface area contributed by atoms with E-state index in [1.807, 2.05) is 12.2 Å². The van der Waals surface area contributed by atoms with Crippen molar-refractivity contribution in [2.75, 3.05) is 13.2 Å². The monoisotopic (exact) mass is 1110 g/mol. The van der Waals surface area contributed by atoms with Gasteiger partial charge in [-0.2, -0.15) is 0 Å². The third kappa shape index (κ3) is 65.5. The maximum absolute atomic E-state index is 12.9. The van der Waals surface area contributed by atoms with E-state index in [1.54, 1.807) is 0 Å². The fraction of sp³-hybridized carbons (Fsp3) is 0.587. The molecule has 0 aliphatic carbocycles. The molecule has 0 saturated carbocycles. The Balaban J connectivity index is 4.51. The molecular formula is C75H118O6. The molecule has 0 radical (unpaired) electrons. The standard InChI is InChI=1S/C75H118O6/c1-4-7-10-13-16-19-22-25-28-30-32-33-34-35-36-37-38-39-40-41-43-44-47-50-53-56-59-62-65-68-74(77)80-71-72(70-79-73(76)67-64-61-58-55-52-49-46-27-24-21-18-15-12-9-6-3)81-75(78)69-66-63-60-57-54-51-48-45-42-31-29-26-23-20-17-14-11-8-5-2/h7-8,10-11,16-17,19-20,25-26,28-29,32-33,35-36,38-39,41-43,45,47,50-51,54,60,63,72H,4-6,9,12-15,18,21-24,27,30-31,34,37,40,44,46,48-49,52-53,55-59,61-62,64-71H2,1-3H3/b10-7-,11-8-,19-16-,20-17-,28-25-,29-26-,33-32-,36-35-,39-38-,43-41-,45-42-,50-47-,54-51-,63-60-. The summed E-state index contributed by atoms with van der Waals surface area (Å²) in [6, 6.07) is 0. The summed E-state index contributed by atoms with van der Waals surface area (Å²) in [4.78, 5) is 38.3. The van der Waals surface area contributed by atoms with Crippen LogP contribution in [-0.4, -0.2) is 37.2 Å². The van der Waals surface area contributed by atoms with Gasteiger partial charge in [-0.05, 0) is 122 Å². The number of esters is 3. The molecule has 0 aromatic heterocycles. The number of rotatable bonds is 57. The SMILES string of the molecule is CC/C=C\C/C=C\C/C=C\C/C=C\C/C=C\C/C=C\C/C=C\C/C=C\CCCCCCC(=O)OCC(COC(=O)CCCCCCCCCCCCCCCCC)OC(=O)CC/C=C\C/C=C\C/C=C\C/C=C\C/C=C\C/C=C\CC. The van der Waals surface area contributed by atoms with Crippen LogP contribution in [0.3, 0.4) is 0 Å². The number of carbonyl (C=O) groups is 3. The number of allylic oxidation sites excluding steroid dienone is 28. The highest BCUT2D eigenvalue weighted by Gasteiger charge is 2.19. The zero-order valence-electron chi connectivity index (χ0n) is 52.0. The predicted octanol–water partition coefficient (Wildman–Crippen LogP) is 22.7. The van der Waals surface area contributed by atoms with E-state index in [0.717, 1.165) is 141 Å². The summed E-state index contributed by atoms with van der Waals surface area (Å²) in [6.45, 7) is 6.33. The van der Waals surface area contributed by atoms with Gasteiger partial charge in [0.05, 0.1) is 0 Å². The van der Waals surface area contributed by atoms with Gasteiger partial charge in [-0.3, -0.25) is 14.4 Å². The van der Waals surface area contributed by atoms with Crippen LogP contribution in [0.5, 0.6) is 0 Å². The van der Waals surface area contributed by atoms with E-state index >= 15 is 0 Å². The molecule has 0 fully saturated rings. The molecule has 454 valence electrons.